The van der Waals surface area contributed by atoms with Crippen molar-refractivity contribution in [3.8, 4) is 27.5 Å². The molecule has 2 heterocycles. The second kappa shape index (κ2) is 6.03. The predicted octanol–water partition coefficient (Wildman–Crippen LogP) is 5.92. The van der Waals surface area contributed by atoms with Crippen molar-refractivity contribution in [1.82, 2.24) is 9.78 Å². The lowest BCUT2D eigenvalue weighted by Gasteiger charge is -2.05. The molecule has 23 heavy (non-hydrogen) atoms. The monoisotopic (exact) mass is 336 g/mol. The summed E-state index contributed by atoms with van der Waals surface area (Å²) in [7, 11) is 0. The number of hydrogen-bond donors (Lipinski definition) is 0. The molecule has 0 amide bonds. The number of benzene rings is 2. The summed E-state index contributed by atoms with van der Waals surface area (Å²) in [6.07, 6.45) is 0. The van der Waals surface area contributed by atoms with Gasteiger partial charge in [0, 0.05) is 10.6 Å². The highest BCUT2D eigenvalue weighted by molar-refractivity contribution is 7.13. The zero-order valence-corrected chi connectivity index (χ0v) is 13.8. The van der Waals surface area contributed by atoms with Crippen LogP contribution in [0.2, 0.25) is 5.02 Å². The minimum absolute atomic E-state index is 0.731. The van der Waals surface area contributed by atoms with E-state index in [9.17, 15) is 0 Å². The van der Waals surface area contributed by atoms with Gasteiger partial charge in [0.25, 0.3) is 0 Å². The summed E-state index contributed by atoms with van der Waals surface area (Å²) < 4.78 is 2.00. The molecule has 0 saturated carbocycles. The number of para-hydroxylation sites is 1. The third kappa shape index (κ3) is 2.81. The van der Waals surface area contributed by atoms with Gasteiger partial charge in [-0.1, -0.05) is 48.0 Å². The van der Waals surface area contributed by atoms with Gasteiger partial charge in [0.2, 0.25) is 0 Å². The van der Waals surface area contributed by atoms with Crippen LogP contribution in [-0.4, -0.2) is 9.78 Å². The van der Waals surface area contributed by atoms with E-state index < -0.39 is 0 Å². The molecule has 2 aromatic carbocycles. The van der Waals surface area contributed by atoms with Crippen LogP contribution in [0.5, 0.6) is 0 Å². The molecule has 0 aliphatic rings. The first-order valence-corrected chi connectivity index (χ1v) is 8.52. The van der Waals surface area contributed by atoms with Gasteiger partial charge in [-0.2, -0.15) is 5.10 Å². The van der Waals surface area contributed by atoms with Crippen molar-refractivity contribution in [2.24, 2.45) is 0 Å². The molecule has 0 aliphatic heterocycles. The molecule has 2 nitrogen and oxygen atoms in total. The average molecular weight is 337 g/mol. The van der Waals surface area contributed by atoms with Gasteiger partial charge in [-0.05, 0) is 41.8 Å². The van der Waals surface area contributed by atoms with Crippen molar-refractivity contribution < 1.29 is 0 Å². The van der Waals surface area contributed by atoms with E-state index in [1.165, 1.54) is 4.88 Å². The Balaban J connectivity index is 1.89. The fourth-order valence-corrected chi connectivity index (χ4v) is 3.36. The maximum atomic E-state index is 5.99. The van der Waals surface area contributed by atoms with E-state index in [1.54, 1.807) is 11.3 Å². The second-order valence-corrected chi connectivity index (χ2v) is 6.53. The molecule has 0 aliphatic carbocycles. The molecule has 0 fully saturated rings. The molecule has 0 unspecified atom stereocenters. The second-order valence-electron chi connectivity index (χ2n) is 5.15. The van der Waals surface area contributed by atoms with E-state index in [4.69, 9.17) is 16.7 Å². The Hall–Kier alpha value is -2.36. The van der Waals surface area contributed by atoms with Gasteiger partial charge in [-0.25, -0.2) is 4.68 Å². The molecule has 4 heteroatoms. The van der Waals surface area contributed by atoms with Crippen LogP contribution in [0.3, 0.4) is 0 Å². The zero-order chi connectivity index (χ0) is 15.6. The summed E-state index contributed by atoms with van der Waals surface area (Å²) >= 11 is 7.70. The lowest BCUT2D eigenvalue weighted by atomic mass is 10.1. The molecule has 0 bridgehead atoms. The van der Waals surface area contributed by atoms with Gasteiger partial charge in [0.15, 0.2) is 0 Å². The number of aromatic nitrogens is 2. The Morgan fingerprint density at radius 3 is 2.35 bits per heavy atom. The third-order valence-electron chi connectivity index (χ3n) is 3.62. The molecule has 0 spiro atoms. The van der Waals surface area contributed by atoms with E-state index in [2.05, 4.69) is 35.7 Å². The SMILES string of the molecule is Clc1ccc(-c2cc(-c3cccs3)n(-c3ccccc3)n2)cc1. The highest BCUT2D eigenvalue weighted by Gasteiger charge is 2.13. The first kappa shape index (κ1) is 14.2. The zero-order valence-electron chi connectivity index (χ0n) is 12.2. The molecular formula is C19H13ClN2S. The van der Waals surface area contributed by atoms with Gasteiger partial charge in [0.05, 0.1) is 22.0 Å². The third-order valence-corrected chi connectivity index (χ3v) is 4.77. The summed E-state index contributed by atoms with van der Waals surface area (Å²) in [6, 6.07) is 24.3. The molecule has 4 rings (SSSR count). The van der Waals surface area contributed by atoms with Crippen molar-refractivity contribution >= 4 is 22.9 Å². The van der Waals surface area contributed by atoms with Crippen LogP contribution >= 0.6 is 22.9 Å². The largest absolute Gasteiger partial charge is 0.232 e. The fraction of sp³-hybridized carbons (Fsp3) is 0. The fourth-order valence-electron chi connectivity index (χ4n) is 2.51. The van der Waals surface area contributed by atoms with E-state index in [0.717, 1.165) is 27.7 Å². The van der Waals surface area contributed by atoms with Crippen LogP contribution in [0.25, 0.3) is 27.5 Å². The smallest absolute Gasteiger partial charge is 0.0934 e. The van der Waals surface area contributed by atoms with E-state index in [1.807, 2.05) is 47.1 Å². The minimum atomic E-state index is 0.731. The van der Waals surface area contributed by atoms with Crippen LogP contribution in [0.4, 0.5) is 0 Å². The maximum Gasteiger partial charge on any atom is 0.0934 e. The molecule has 0 N–H and O–H groups in total. The molecule has 0 radical (unpaired) electrons. The summed E-state index contributed by atoms with van der Waals surface area (Å²) in [5.41, 5.74) is 4.14. The van der Waals surface area contributed by atoms with Crippen LogP contribution in [0, 0.1) is 0 Å². The Morgan fingerprint density at radius 1 is 0.870 bits per heavy atom. The van der Waals surface area contributed by atoms with Crippen molar-refractivity contribution in [3.63, 3.8) is 0 Å². The first-order valence-electron chi connectivity index (χ1n) is 7.26. The summed E-state index contributed by atoms with van der Waals surface area (Å²) in [6.45, 7) is 0. The average Bonchev–Trinajstić information content (AvgIpc) is 3.26. The number of thiophene rings is 1. The summed E-state index contributed by atoms with van der Waals surface area (Å²) in [4.78, 5) is 1.20. The van der Waals surface area contributed by atoms with Gasteiger partial charge in [-0.3, -0.25) is 0 Å². The maximum absolute atomic E-state index is 5.99. The Kier molecular flexibility index (Phi) is 3.74. The Morgan fingerprint density at radius 2 is 1.65 bits per heavy atom. The predicted molar refractivity (Wildman–Crippen MR) is 97.3 cm³/mol. The standard InChI is InChI=1S/C19H13ClN2S/c20-15-10-8-14(9-11-15)17-13-18(19-7-4-12-23-19)22(21-17)16-5-2-1-3-6-16/h1-13H. The van der Waals surface area contributed by atoms with Gasteiger partial charge >= 0.3 is 0 Å². The van der Waals surface area contributed by atoms with Crippen LogP contribution in [-0.2, 0) is 0 Å². The van der Waals surface area contributed by atoms with Crippen molar-refractivity contribution in [1.29, 1.82) is 0 Å². The Labute approximate surface area is 143 Å². The van der Waals surface area contributed by atoms with Gasteiger partial charge in [0.1, 0.15) is 0 Å². The highest BCUT2D eigenvalue weighted by Crippen LogP contribution is 2.31. The molecule has 4 aromatic rings. The number of halogens is 1. The highest BCUT2D eigenvalue weighted by atomic mass is 35.5. The molecule has 0 saturated heterocycles. The van der Waals surface area contributed by atoms with Gasteiger partial charge in [-0.15, -0.1) is 11.3 Å². The first-order chi connectivity index (χ1) is 11.3. The molecule has 112 valence electrons. The van der Waals surface area contributed by atoms with Crippen LogP contribution < -0.4 is 0 Å². The summed E-state index contributed by atoms with van der Waals surface area (Å²) in [5, 5.41) is 7.63. The van der Waals surface area contributed by atoms with Crippen molar-refractivity contribution in [2.45, 2.75) is 0 Å². The lowest BCUT2D eigenvalue weighted by molar-refractivity contribution is 0.894. The lowest BCUT2D eigenvalue weighted by Crippen LogP contribution is -1.98. The quantitative estimate of drug-likeness (QED) is 0.454. The number of hydrogen-bond acceptors (Lipinski definition) is 2. The van der Waals surface area contributed by atoms with E-state index in [-0.39, 0.29) is 0 Å². The number of nitrogens with zero attached hydrogens (tertiary/aromatic N) is 2. The van der Waals surface area contributed by atoms with Crippen LogP contribution in [0.15, 0.2) is 78.2 Å². The summed E-state index contributed by atoms with van der Waals surface area (Å²) in [5.74, 6) is 0. The van der Waals surface area contributed by atoms with Crippen molar-refractivity contribution in [3.05, 3.63) is 83.2 Å². The van der Waals surface area contributed by atoms with E-state index >= 15 is 0 Å². The molecule has 0 atom stereocenters. The van der Waals surface area contributed by atoms with Crippen molar-refractivity contribution in [2.75, 3.05) is 0 Å². The number of rotatable bonds is 3. The van der Waals surface area contributed by atoms with E-state index in [0.29, 0.717) is 0 Å². The normalized spacial score (nSPS) is 10.8. The molecule has 2 aromatic heterocycles. The van der Waals surface area contributed by atoms with Gasteiger partial charge < -0.3 is 0 Å². The topological polar surface area (TPSA) is 17.8 Å². The minimum Gasteiger partial charge on any atom is -0.232 e. The Bertz CT molecular complexity index is 910. The molecular weight excluding hydrogens is 324 g/mol. The van der Waals surface area contributed by atoms with Crippen LogP contribution in [0.1, 0.15) is 0 Å².